The summed E-state index contributed by atoms with van der Waals surface area (Å²) in [6, 6.07) is 2.05. The molecule has 0 saturated heterocycles. The Morgan fingerprint density at radius 1 is 1.33 bits per heavy atom. The molecular formula is C13H18ClF2N5. The van der Waals surface area contributed by atoms with E-state index < -0.39 is 6.55 Å². The first-order valence-corrected chi connectivity index (χ1v) is 6.82. The molecule has 3 rings (SSSR count). The zero-order valence-electron chi connectivity index (χ0n) is 11.5. The van der Waals surface area contributed by atoms with E-state index in [1.54, 1.807) is 0 Å². The third kappa shape index (κ3) is 3.72. The Morgan fingerprint density at radius 3 is 2.76 bits per heavy atom. The summed E-state index contributed by atoms with van der Waals surface area (Å²) >= 11 is 0. The Kier molecular flexibility index (Phi) is 5.17. The van der Waals surface area contributed by atoms with Gasteiger partial charge in [-0.3, -0.25) is 4.68 Å². The van der Waals surface area contributed by atoms with Crippen molar-refractivity contribution in [3.05, 3.63) is 30.2 Å². The maximum Gasteiger partial charge on any atom is 0.333 e. The van der Waals surface area contributed by atoms with Crippen molar-refractivity contribution in [2.45, 2.75) is 44.8 Å². The summed E-state index contributed by atoms with van der Waals surface area (Å²) in [4.78, 5) is 0. The van der Waals surface area contributed by atoms with Crippen LogP contribution in [0.15, 0.2) is 24.7 Å². The Hall–Kier alpha value is -1.63. The van der Waals surface area contributed by atoms with Crippen LogP contribution in [0.5, 0.6) is 0 Å². The molecule has 0 spiro atoms. The van der Waals surface area contributed by atoms with Crippen molar-refractivity contribution in [1.29, 1.82) is 0 Å². The minimum atomic E-state index is -2.60. The fourth-order valence-corrected chi connectivity index (χ4v) is 2.57. The van der Waals surface area contributed by atoms with Gasteiger partial charge in [0.2, 0.25) is 0 Å². The highest BCUT2D eigenvalue weighted by atomic mass is 35.5. The fourth-order valence-electron chi connectivity index (χ4n) is 2.57. The van der Waals surface area contributed by atoms with Crippen molar-refractivity contribution in [2.75, 3.05) is 5.32 Å². The van der Waals surface area contributed by atoms with E-state index in [4.69, 9.17) is 0 Å². The topological polar surface area (TPSA) is 47.7 Å². The molecule has 1 N–H and O–H groups in total. The number of hydrogen-bond donors (Lipinski definition) is 1. The predicted molar refractivity (Wildman–Crippen MR) is 77.8 cm³/mol. The third-order valence-electron chi connectivity index (χ3n) is 3.64. The van der Waals surface area contributed by atoms with Crippen LogP contribution in [-0.4, -0.2) is 19.6 Å². The van der Waals surface area contributed by atoms with Gasteiger partial charge in [0.25, 0.3) is 0 Å². The molecule has 0 aliphatic heterocycles. The minimum Gasteiger partial charge on any atom is -0.364 e. The van der Waals surface area contributed by atoms with Crippen LogP contribution in [0.1, 0.15) is 43.8 Å². The van der Waals surface area contributed by atoms with Gasteiger partial charge in [0, 0.05) is 30.6 Å². The molecule has 0 unspecified atom stereocenters. The summed E-state index contributed by atoms with van der Waals surface area (Å²) in [7, 11) is 0. The number of aromatic nitrogens is 4. The lowest BCUT2D eigenvalue weighted by Gasteiger charge is -2.08. The van der Waals surface area contributed by atoms with Gasteiger partial charge in [0.05, 0.1) is 12.2 Å². The molecule has 1 fully saturated rings. The van der Waals surface area contributed by atoms with Crippen LogP contribution in [0.25, 0.3) is 0 Å². The van der Waals surface area contributed by atoms with E-state index in [2.05, 4.69) is 15.5 Å². The lowest BCUT2D eigenvalue weighted by atomic mass is 10.2. The average molecular weight is 318 g/mol. The van der Waals surface area contributed by atoms with Gasteiger partial charge in [-0.25, -0.2) is 4.68 Å². The molecule has 1 aliphatic rings. The van der Waals surface area contributed by atoms with Crippen LogP contribution in [0, 0.1) is 0 Å². The second kappa shape index (κ2) is 6.89. The van der Waals surface area contributed by atoms with Crippen molar-refractivity contribution in [1.82, 2.24) is 19.6 Å². The summed E-state index contributed by atoms with van der Waals surface area (Å²) in [5.41, 5.74) is 1.03. The molecule has 2 aromatic heterocycles. The second-order valence-electron chi connectivity index (χ2n) is 5.08. The van der Waals surface area contributed by atoms with E-state index in [-0.39, 0.29) is 12.4 Å². The summed E-state index contributed by atoms with van der Waals surface area (Å²) in [6.07, 6.45) is 10.0. The summed E-state index contributed by atoms with van der Waals surface area (Å²) < 4.78 is 27.4. The highest BCUT2D eigenvalue weighted by Crippen LogP contribution is 2.28. The number of rotatable bonds is 5. The monoisotopic (exact) mass is 317 g/mol. The van der Waals surface area contributed by atoms with Gasteiger partial charge in [-0.2, -0.15) is 19.0 Å². The number of anilines is 1. The van der Waals surface area contributed by atoms with Gasteiger partial charge in [-0.15, -0.1) is 12.4 Å². The standard InChI is InChI=1S/C13H17F2N5.ClH/c14-13(15)19-6-5-12(18-19)16-7-10-8-17-20(9-10)11-3-1-2-4-11;/h5-6,8-9,11,13H,1-4,7H2,(H,16,18);1H. The van der Waals surface area contributed by atoms with Crippen molar-refractivity contribution in [2.24, 2.45) is 0 Å². The third-order valence-corrected chi connectivity index (χ3v) is 3.64. The summed E-state index contributed by atoms with van der Waals surface area (Å²) in [5, 5.41) is 11.1. The molecule has 2 heterocycles. The van der Waals surface area contributed by atoms with Gasteiger partial charge in [0.15, 0.2) is 0 Å². The maximum absolute atomic E-state index is 12.4. The van der Waals surface area contributed by atoms with E-state index in [0.29, 0.717) is 23.1 Å². The molecule has 8 heteroatoms. The van der Waals surface area contributed by atoms with E-state index in [0.717, 1.165) is 5.56 Å². The maximum atomic E-state index is 12.4. The highest BCUT2D eigenvalue weighted by Gasteiger charge is 2.17. The number of halogens is 3. The summed E-state index contributed by atoms with van der Waals surface area (Å²) in [5.74, 6) is 0.443. The predicted octanol–water partition coefficient (Wildman–Crippen LogP) is 3.62. The molecule has 0 aromatic carbocycles. The number of hydrogen-bond acceptors (Lipinski definition) is 3. The molecule has 116 valence electrons. The van der Waals surface area contributed by atoms with Crippen LogP contribution < -0.4 is 5.32 Å². The molecule has 5 nitrogen and oxygen atoms in total. The van der Waals surface area contributed by atoms with Gasteiger partial charge in [0.1, 0.15) is 5.82 Å². The first-order valence-electron chi connectivity index (χ1n) is 6.82. The zero-order valence-corrected chi connectivity index (χ0v) is 12.3. The van der Waals surface area contributed by atoms with E-state index in [1.807, 2.05) is 17.1 Å². The van der Waals surface area contributed by atoms with Gasteiger partial charge in [-0.1, -0.05) is 12.8 Å². The van der Waals surface area contributed by atoms with Crippen LogP contribution in [0.2, 0.25) is 0 Å². The van der Waals surface area contributed by atoms with E-state index in [1.165, 1.54) is 37.9 Å². The Labute approximate surface area is 127 Å². The molecule has 21 heavy (non-hydrogen) atoms. The first kappa shape index (κ1) is 15.8. The lowest BCUT2D eigenvalue weighted by molar-refractivity contribution is 0.0569. The van der Waals surface area contributed by atoms with E-state index in [9.17, 15) is 8.78 Å². The quantitative estimate of drug-likeness (QED) is 0.916. The molecule has 1 aliphatic carbocycles. The van der Waals surface area contributed by atoms with Gasteiger partial charge < -0.3 is 5.32 Å². The Morgan fingerprint density at radius 2 is 2.10 bits per heavy atom. The van der Waals surface area contributed by atoms with Crippen molar-refractivity contribution in [3.8, 4) is 0 Å². The normalized spacial score (nSPS) is 15.4. The minimum absolute atomic E-state index is 0. The SMILES string of the molecule is Cl.FC(F)n1ccc(NCc2cnn(C3CCCC3)c2)n1. The molecule has 0 amide bonds. The molecule has 0 bridgehead atoms. The zero-order chi connectivity index (χ0) is 13.9. The van der Waals surface area contributed by atoms with Crippen LogP contribution in [0.4, 0.5) is 14.6 Å². The van der Waals surface area contributed by atoms with Crippen LogP contribution in [0.3, 0.4) is 0 Å². The number of nitrogens with zero attached hydrogens (tertiary/aromatic N) is 4. The lowest BCUT2D eigenvalue weighted by Crippen LogP contribution is -2.05. The Bertz CT molecular complexity index is 562. The average Bonchev–Trinajstić information content (AvgIpc) is 3.17. The molecule has 0 atom stereocenters. The van der Waals surface area contributed by atoms with Gasteiger partial charge >= 0.3 is 6.55 Å². The molecular weight excluding hydrogens is 300 g/mol. The largest absolute Gasteiger partial charge is 0.364 e. The van der Waals surface area contributed by atoms with Crippen molar-refractivity contribution in [3.63, 3.8) is 0 Å². The smallest absolute Gasteiger partial charge is 0.333 e. The van der Waals surface area contributed by atoms with Crippen LogP contribution in [-0.2, 0) is 6.54 Å². The Balaban J connectivity index is 0.00000161. The fraction of sp³-hybridized carbons (Fsp3) is 0.538. The highest BCUT2D eigenvalue weighted by molar-refractivity contribution is 5.85. The second-order valence-corrected chi connectivity index (χ2v) is 5.08. The summed E-state index contributed by atoms with van der Waals surface area (Å²) in [6.45, 7) is -2.07. The van der Waals surface area contributed by atoms with Gasteiger partial charge in [-0.05, 0) is 12.8 Å². The van der Waals surface area contributed by atoms with E-state index >= 15 is 0 Å². The molecule has 1 saturated carbocycles. The van der Waals surface area contributed by atoms with Crippen LogP contribution >= 0.6 is 12.4 Å². The van der Waals surface area contributed by atoms with Crippen molar-refractivity contribution >= 4 is 18.2 Å². The number of alkyl halides is 2. The molecule has 2 aromatic rings. The first-order chi connectivity index (χ1) is 9.72. The molecule has 0 radical (unpaired) electrons. The number of nitrogens with one attached hydrogen (secondary N) is 1. The van der Waals surface area contributed by atoms with Crippen molar-refractivity contribution < 1.29 is 8.78 Å².